The SMILES string of the molecule is COCCOCCCOc1nn([C@H]2CC[C@H](N3C4CC[C@H]3COC4)CC2)cc1N. The van der Waals surface area contributed by atoms with E-state index >= 15 is 0 Å². The molecule has 3 fully saturated rings. The lowest BCUT2D eigenvalue weighted by Gasteiger charge is -2.43. The third kappa shape index (κ3) is 5.05. The predicted octanol–water partition coefficient (Wildman–Crippen LogP) is 2.24. The van der Waals surface area contributed by atoms with Crippen LogP contribution in [0.25, 0.3) is 0 Å². The van der Waals surface area contributed by atoms with E-state index in [9.17, 15) is 0 Å². The molecule has 3 heterocycles. The van der Waals surface area contributed by atoms with E-state index in [-0.39, 0.29) is 0 Å². The van der Waals surface area contributed by atoms with Gasteiger partial charge in [0, 0.05) is 38.3 Å². The fourth-order valence-electron chi connectivity index (χ4n) is 5.14. The van der Waals surface area contributed by atoms with E-state index in [1.165, 1.54) is 25.7 Å². The van der Waals surface area contributed by atoms with Gasteiger partial charge in [-0.1, -0.05) is 0 Å². The Labute approximate surface area is 173 Å². The van der Waals surface area contributed by atoms with E-state index < -0.39 is 0 Å². The molecule has 2 bridgehead atoms. The van der Waals surface area contributed by atoms with Crippen LogP contribution in [0.1, 0.15) is 51.0 Å². The fourth-order valence-corrected chi connectivity index (χ4v) is 5.14. The fraction of sp³-hybridized carbons (Fsp3) is 0.857. The van der Waals surface area contributed by atoms with Gasteiger partial charge in [0.05, 0.1) is 45.3 Å². The minimum absolute atomic E-state index is 0.418. The quantitative estimate of drug-likeness (QED) is 0.595. The van der Waals surface area contributed by atoms with E-state index in [1.807, 2.05) is 10.9 Å². The van der Waals surface area contributed by atoms with Crippen molar-refractivity contribution in [3.8, 4) is 5.88 Å². The smallest absolute Gasteiger partial charge is 0.256 e. The minimum Gasteiger partial charge on any atom is -0.475 e. The molecule has 2 atom stereocenters. The number of nitrogen functional groups attached to an aromatic ring is 1. The third-order valence-electron chi connectivity index (χ3n) is 6.59. The summed E-state index contributed by atoms with van der Waals surface area (Å²) in [5.41, 5.74) is 6.76. The van der Waals surface area contributed by atoms with Crippen molar-refractivity contribution < 1.29 is 18.9 Å². The number of hydrogen-bond acceptors (Lipinski definition) is 7. The van der Waals surface area contributed by atoms with E-state index in [0.29, 0.717) is 62.2 Å². The maximum atomic E-state index is 6.14. The summed E-state index contributed by atoms with van der Waals surface area (Å²) in [5.74, 6) is 0.551. The molecule has 4 rings (SSSR count). The Morgan fingerprint density at radius 3 is 2.38 bits per heavy atom. The molecule has 8 nitrogen and oxygen atoms in total. The highest BCUT2D eigenvalue weighted by molar-refractivity contribution is 5.46. The van der Waals surface area contributed by atoms with Gasteiger partial charge in [-0.2, -0.15) is 0 Å². The molecule has 0 amide bonds. The number of aromatic nitrogens is 2. The topological polar surface area (TPSA) is 84.0 Å². The van der Waals surface area contributed by atoms with Crippen molar-refractivity contribution in [1.29, 1.82) is 0 Å². The molecule has 0 spiro atoms. The van der Waals surface area contributed by atoms with Gasteiger partial charge in [0.1, 0.15) is 5.69 Å². The van der Waals surface area contributed by atoms with E-state index in [0.717, 1.165) is 32.5 Å². The van der Waals surface area contributed by atoms with Crippen LogP contribution >= 0.6 is 0 Å². The molecular weight excluding hydrogens is 372 g/mol. The predicted molar refractivity (Wildman–Crippen MR) is 110 cm³/mol. The minimum atomic E-state index is 0.418. The van der Waals surface area contributed by atoms with Gasteiger partial charge >= 0.3 is 0 Å². The summed E-state index contributed by atoms with van der Waals surface area (Å²) in [6.45, 7) is 4.28. The van der Waals surface area contributed by atoms with Gasteiger partial charge in [-0.3, -0.25) is 9.58 Å². The monoisotopic (exact) mass is 408 g/mol. The lowest BCUT2D eigenvalue weighted by atomic mass is 9.89. The second kappa shape index (κ2) is 10.1. The number of nitrogens with zero attached hydrogens (tertiary/aromatic N) is 3. The molecule has 2 aliphatic heterocycles. The second-order valence-corrected chi connectivity index (χ2v) is 8.51. The number of ether oxygens (including phenoxy) is 4. The van der Waals surface area contributed by atoms with Gasteiger partial charge in [0.2, 0.25) is 0 Å². The lowest BCUT2D eigenvalue weighted by Crippen LogP contribution is -2.52. The Balaban J connectivity index is 1.21. The molecular formula is C21H36N4O4. The first-order chi connectivity index (χ1) is 14.3. The van der Waals surface area contributed by atoms with Crippen molar-refractivity contribution >= 4 is 5.69 Å². The van der Waals surface area contributed by atoms with E-state index in [1.54, 1.807) is 7.11 Å². The highest BCUT2D eigenvalue weighted by atomic mass is 16.5. The molecule has 164 valence electrons. The largest absolute Gasteiger partial charge is 0.475 e. The molecule has 1 unspecified atom stereocenters. The van der Waals surface area contributed by atoms with Crippen LogP contribution in [0.2, 0.25) is 0 Å². The van der Waals surface area contributed by atoms with Crippen LogP contribution in [0.15, 0.2) is 6.20 Å². The summed E-state index contributed by atoms with van der Waals surface area (Å²) >= 11 is 0. The Kier molecular flexibility index (Phi) is 7.29. The number of anilines is 1. The van der Waals surface area contributed by atoms with Crippen LogP contribution in [0.3, 0.4) is 0 Å². The van der Waals surface area contributed by atoms with Crippen molar-refractivity contribution in [2.24, 2.45) is 0 Å². The molecule has 0 radical (unpaired) electrons. The molecule has 2 saturated heterocycles. The van der Waals surface area contributed by atoms with Gasteiger partial charge < -0.3 is 24.7 Å². The first-order valence-electron chi connectivity index (χ1n) is 11.2. The number of rotatable bonds is 10. The number of morpholine rings is 1. The zero-order valence-electron chi connectivity index (χ0n) is 17.6. The van der Waals surface area contributed by atoms with Crippen LogP contribution in [0.5, 0.6) is 5.88 Å². The summed E-state index contributed by atoms with van der Waals surface area (Å²) in [5, 5.41) is 4.64. The molecule has 29 heavy (non-hydrogen) atoms. The van der Waals surface area contributed by atoms with Gasteiger partial charge in [-0.25, -0.2) is 0 Å². The van der Waals surface area contributed by atoms with Gasteiger partial charge in [-0.05, 0) is 38.5 Å². The first kappa shape index (κ1) is 20.9. The van der Waals surface area contributed by atoms with E-state index in [2.05, 4.69) is 10.00 Å². The van der Waals surface area contributed by atoms with Crippen molar-refractivity contribution in [3.63, 3.8) is 0 Å². The number of hydrogen-bond donors (Lipinski definition) is 1. The first-order valence-corrected chi connectivity index (χ1v) is 11.2. The molecule has 0 aromatic carbocycles. The standard InChI is InChI=1S/C21H36N4O4/c1-26-11-12-27-9-2-10-29-21-20(22)13-24(23-21)16-3-5-17(6-4-16)25-18-7-8-19(25)15-28-14-18/h13,16-19H,2-12,14-15,22H2,1H3/t16-,17-,18-,19?/m0/s1. The van der Waals surface area contributed by atoms with Gasteiger partial charge in [-0.15, -0.1) is 5.10 Å². The molecule has 1 saturated carbocycles. The highest BCUT2D eigenvalue weighted by Gasteiger charge is 2.42. The van der Waals surface area contributed by atoms with Crippen molar-refractivity contribution in [1.82, 2.24) is 14.7 Å². The Hall–Kier alpha value is -1.35. The Bertz CT molecular complexity index is 616. The maximum Gasteiger partial charge on any atom is 0.256 e. The summed E-state index contributed by atoms with van der Waals surface area (Å²) in [4.78, 5) is 2.78. The van der Waals surface area contributed by atoms with Gasteiger partial charge in [0.15, 0.2) is 0 Å². The van der Waals surface area contributed by atoms with E-state index in [4.69, 9.17) is 24.7 Å². The normalized spacial score (nSPS) is 30.0. The molecule has 8 heteroatoms. The lowest BCUT2D eigenvalue weighted by molar-refractivity contribution is -0.0458. The number of methoxy groups -OCH3 is 1. The van der Waals surface area contributed by atoms with Crippen LogP contribution in [-0.2, 0) is 14.2 Å². The van der Waals surface area contributed by atoms with Crippen LogP contribution in [0.4, 0.5) is 5.69 Å². The highest BCUT2D eigenvalue weighted by Crippen LogP contribution is 2.38. The maximum absolute atomic E-state index is 6.14. The average molecular weight is 409 g/mol. The molecule has 1 aromatic heterocycles. The molecule has 3 aliphatic rings. The van der Waals surface area contributed by atoms with Crippen molar-refractivity contribution in [3.05, 3.63) is 6.20 Å². The summed E-state index contributed by atoms with van der Waals surface area (Å²) < 4.78 is 24.0. The summed E-state index contributed by atoms with van der Waals surface area (Å²) in [7, 11) is 1.67. The van der Waals surface area contributed by atoms with Gasteiger partial charge in [0.25, 0.3) is 5.88 Å². The number of fused-ring (bicyclic) bond motifs is 2. The van der Waals surface area contributed by atoms with Crippen LogP contribution in [0, 0.1) is 0 Å². The average Bonchev–Trinajstić information content (AvgIpc) is 3.23. The molecule has 1 aromatic rings. The Morgan fingerprint density at radius 2 is 1.66 bits per heavy atom. The second-order valence-electron chi connectivity index (χ2n) is 8.51. The Morgan fingerprint density at radius 1 is 0.966 bits per heavy atom. The summed E-state index contributed by atoms with van der Waals surface area (Å²) in [6.07, 6.45) is 10.1. The zero-order valence-corrected chi connectivity index (χ0v) is 17.6. The van der Waals surface area contributed by atoms with Crippen molar-refractivity contribution in [2.75, 3.05) is 52.5 Å². The third-order valence-corrected chi connectivity index (χ3v) is 6.59. The van der Waals surface area contributed by atoms with Crippen molar-refractivity contribution in [2.45, 2.75) is 69.1 Å². The molecule has 1 aliphatic carbocycles. The van der Waals surface area contributed by atoms with Crippen LogP contribution < -0.4 is 10.5 Å². The summed E-state index contributed by atoms with van der Waals surface area (Å²) in [6, 6.07) is 2.42. The molecule has 2 N–H and O–H groups in total. The van der Waals surface area contributed by atoms with Crippen LogP contribution in [-0.4, -0.2) is 79.6 Å². The zero-order chi connectivity index (χ0) is 20.1. The number of nitrogens with two attached hydrogens (primary N) is 1.